The van der Waals surface area contributed by atoms with E-state index in [1.54, 1.807) is 30.6 Å². The normalized spacial score (nSPS) is 17.3. The van der Waals surface area contributed by atoms with Crippen molar-refractivity contribution in [1.82, 2.24) is 14.8 Å². The molecule has 4 rings (SSSR count). The lowest BCUT2D eigenvalue weighted by Gasteiger charge is -2.26. The fourth-order valence-corrected chi connectivity index (χ4v) is 4.18. The zero-order chi connectivity index (χ0) is 24.9. The van der Waals surface area contributed by atoms with Gasteiger partial charge in [-0.3, -0.25) is 14.6 Å². The number of pyridine rings is 1. The summed E-state index contributed by atoms with van der Waals surface area (Å²) < 4.78 is 5.89. The van der Waals surface area contributed by atoms with Gasteiger partial charge in [0.05, 0.1) is 11.6 Å². The summed E-state index contributed by atoms with van der Waals surface area (Å²) in [7, 11) is 3.81. The van der Waals surface area contributed by atoms with Crippen LogP contribution in [0.4, 0.5) is 0 Å². The molecular weight excluding hydrogens is 442 g/mol. The third kappa shape index (κ3) is 5.25. The molecule has 2 heterocycles. The number of hydrogen-bond donors (Lipinski definition) is 1. The monoisotopic (exact) mass is 471 g/mol. The average Bonchev–Trinajstić information content (AvgIpc) is 3.12. The van der Waals surface area contributed by atoms with Gasteiger partial charge in [-0.05, 0) is 62.0 Å². The summed E-state index contributed by atoms with van der Waals surface area (Å²) in [5.41, 5.74) is 3.01. The van der Waals surface area contributed by atoms with Gasteiger partial charge in [-0.25, -0.2) is 0 Å². The predicted octanol–water partition coefficient (Wildman–Crippen LogP) is 3.95. The summed E-state index contributed by atoms with van der Waals surface area (Å²) >= 11 is 0. The van der Waals surface area contributed by atoms with Crippen LogP contribution in [0, 0.1) is 6.92 Å². The highest BCUT2D eigenvalue weighted by atomic mass is 16.5. The second-order valence-corrected chi connectivity index (χ2v) is 8.83. The minimum Gasteiger partial charge on any atom is -0.507 e. The Morgan fingerprint density at radius 2 is 1.86 bits per heavy atom. The third-order valence-corrected chi connectivity index (χ3v) is 6.03. The largest absolute Gasteiger partial charge is 0.507 e. The summed E-state index contributed by atoms with van der Waals surface area (Å²) in [6.45, 7) is 3.19. The van der Waals surface area contributed by atoms with Crippen molar-refractivity contribution in [3.05, 3.63) is 101 Å². The quantitative estimate of drug-likeness (QED) is 0.304. The number of hydrogen-bond acceptors (Lipinski definition) is 6. The molecule has 7 heteroatoms. The molecule has 0 saturated carbocycles. The Kier molecular flexibility index (Phi) is 7.27. The van der Waals surface area contributed by atoms with Crippen LogP contribution in [-0.4, -0.2) is 58.8 Å². The summed E-state index contributed by atoms with van der Waals surface area (Å²) in [6.07, 6.45) is 3.26. The number of carbonyl (C=O) groups excluding carboxylic acids is 2. The van der Waals surface area contributed by atoms with Crippen LogP contribution in [0.3, 0.4) is 0 Å². The number of aromatic nitrogens is 1. The Morgan fingerprint density at radius 1 is 1.09 bits per heavy atom. The number of likely N-dealkylation sites (N-methyl/N-ethyl adjacent to an activating group) is 1. The molecule has 1 atom stereocenters. The molecule has 1 aliphatic heterocycles. The topological polar surface area (TPSA) is 83.0 Å². The SMILES string of the molecule is Cc1cc(OCc2ccccc2)ccc1C(O)=C1C(=O)C(=O)N(CCN(C)C)[C@H]1c1cccnc1. The smallest absolute Gasteiger partial charge is 0.295 e. The van der Waals surface area contributed by atoms with Gasteiger partial charge in [0.2, 0.25) is 0 Å². The van der Waals surface area contributed by atoms with Crippen LogP contribution in [0.1, 0.15) is 28.3 Å². The molecule has 1 fully saturated rings. The highest BCUT2D eigenvalue weighted by Gasteiger charge is 2.46. The van der Waals surface area contributed by atoms with Crippen LogP contribution in [0.25, 0.3) is 5.76 Å². The molecule has 0 aliphatic carbocycles. The molecule has 35 heavy (non-hydrogen) atoms. The summed E-state index contributed by atoms with van der Waals surface area (Å²) in [5.74, 6) is -0.864. The lowest BCUT2D eigenvalue weighted by Crippen LogP contribution is -2.35. The van der Waals surface area contributed by atoms with E-state index in [1.165, 1.54) is 4.90 Å². The van der Waals surface area contributed by atoms with E-state index in [1.807, 2.05) is 68.4 Å². The maximum absolute atomic E-state index is 13.1. The molecule has 7 nitrogen and oxygen atoms in total. The van der Waals surface area contributed by atoms with Gasteiger partial charge in [-0.2, -0.15) is 0 Å². The van der Waals surface area contributed by atoms with Gasteiger partial charge < -0.3 is 19.6 Å². The van der Waals surface area contributed by atoms with E-state index in [4.69, 9.17) is 4.74 Å². The minimum atomic E-state index is -0.711. The van der Waals surface area contributed by atoms with Gasteiger partial charge >= 0.3 is 0 Å². The predicted molar refractivity (Wildman–Crippen MR) is 134 cm³/mol. The van der Waals surface area contributed by atoms with Crippen molar-refractivity contribution in [3.8, 4) is 5.75 Å². The Bertz CT molecular complexity index is 1240. The summed E-state index contributed by atoms with van der Waals surface area (Å²) in [6, 6.07) is 18.0. The number of aliphatic hydroxyl groups excluding tert-OH is 1. The van der Waals surface area contributed by atoms with Crippen molar-refractivity contribution in [2.24, 2.45) is 0 Å². The second-order valence-electron chi connectivity index (χ2n) is 8.83. The zero-order valence-corrected chi connectivity index (χ0v) is 20.1. The number of ketones is 1. The average molecular weight is 472 g/mol. The molecule has 1 N–H and O–H groups in total. The molecule has 0 radical (unpaired) electrons. The fraction of sp³-hybridized carbons (Fsp3) is 0.250. The van der Waals surface area contributed by atoms with E-state index < -0.39 is 17.7 Å². The highest BCUT2D eigenvalue weighted by molar-refractivity contribution is 6.46. The van der Waals surface area contributed by atoms with Crippen molar-refractivity contribution >= 4 is 17.4 Å². The Hall–Kier alpha value is -3.97. The first-order valence-corrected chi connectivity index (χ1v) is 11.5. The summed E-state index contributed by atoms with van der Waals surface area (Å²) in [5, 5.41) is 11.3. The van der Waals surface area contributed by atoms with E-state index in [9.17, 15) is 14.7 Å². The maximum Gasteiger partial charge on any atom is 0.295 e. The lowest BCUT2D eigenvalue weighted by molar-refractivity contribution is -0.140. The number of likely N-dealkylation sites (tertiary alicyclic amines) is 1. The van der Waals surface area contributed by atoms with Crippen LogP contribution in [0.5, 0.6) is 5.75 Å². The van der Waals surface area contributed by atoms with Crippen LogP contribution in [-0.2, 0) is 16.2 Å². The number of ether oxygens (including phenoxy) is 1. The van der Waals surface area contributed by atoms with E-state index in [0.29, 0.717) is 36.6 Å². The molecule has 1 amide bonds. The molecule has 1 saturated heterocycles. The van der Waals surface area contributed by atoms with Crippen molar-refractivity contribution in [2.75, 3.05) is 27.2 Å². The van der Waals surface area contributed by atoms with Crippen molar-refractivity contribution in [2.45, 2.75) is 19.6 Å². The molecule has 1 aliphatic rings. The van der Waals surface area contributed by atoms with Gasteiger partial charge in [0.25, 0.3) is 11.7 Å². The van der Waals surface area contributed by atoms with E-state index in [0.717, 1.165) is 11.1 Å². The number of rotatable bonds is 8. The molecule has 2 aromatic carbocycles. The van der Waals surface area contributed by atoms with Crippen molar-refractivity contribution in [1.29, 1.82) is 0 Å². The second kappa shape index (κ2) is 10.5. The van der Waals surface area contributed by atoms with Crippen LogP contribution in [0.2, 0.25) is 0 Å². The molecule has 1 aromatic heterocycles. The number of aryl methyl sites for hydroxylation is 1. The first kappa shape index (κ1) is 24.2. The van der Waals surface area contributed by atoms with Gasteiger partial charge in [0.15, 0.2) is 0 Å². The first-order chi connectivity index (χ1) is 16.9. The number of benzene rings is 2. The standard InChI is InChI=1S/C28H29N3O4/c1-19-16-22(35-18-20-8-5-4-6-9-20)11-12-23(19)26(32)24-25(21-10-7-13-29-17-21)31(15-14-30(2)3)28(34)27(24)33/h4-13,16-17,25,32H,14-15,18H2,1-3H3/t25-/m0/s1. The van der Waals surface area contributed by atoms with E-state index in [-0.39, 0.29) is 11.3 Å². The number of carbonyl (C=O) groups is 2. The molecule has 3 aromatic rings. The molecular formula is C28H29N3O4. The van der Waals surface area contributed by atoms with E-state index >= 15 is 0 Å². The number of amides is 1. The van der Waals surface area contributed by atoms with Gasteiger partial charge in [-0.15, -0.1) is 0 Å². The molecule has 0 unspecified atom stereocenters. The first-order valence-electron chi connectivity index (χ1n) is 11.5. The Morgan fingerprint density at radius 3 is 2.51 bits per heavy atom. The number of Topliss-reactive ketones (excluding diaryl/α,β-unsaturated/α-hetero) is 1. The Balaban J connectivity index is 1.68. The number of aliphatic hydroxyl groups is 1. The van der Waals surface area contributed by atoms with Crippen LogP contribution < -0.4 is 4.74 Å². The summed E-state index contributed by atoms with van der Waals surface area (Å²) in [4.78, 5) is 33.7. The van der Waals surface area contributed by atoms with Gasteiger partial charge in [0.1, 0.15) is 18.1 Å². The molecule has 0 spiro atoms. The number of nitrogens with zero attached hydrogens (tertiary/aromatic N) is 3. The van der Waals surface area contributed by atoms with Crippen LogP contribution in [0.15, 0.2) is 78.6 Å². The molecule has 180 valence electrons. The molecule has 0 bridgehead atoms. The maximum atomic E-state index is 13.1. The van der Waals surface area contributed by atoms with Gasteiger partial charge in [0, 0.05) is 31.0 Å². The zero-order valence-electron chi connectivity index (χ0n) is 20.1. The fourth-order valence-electron chi connectivity index (χ4n) is 4.18. The Labute approximate surface area is 205 Å². The third-order valence-electron chi connectivity index (χ3n) is 6.03. The van der Waals surface area contributed by atoms with Gasteiger partial charge in [-0.1, -0.05) is 36.4 Å². The highest BCUT2D eigenvalue weighted by Crippen LogP contribution is 2.39. The lowest BCUT2D eigenvalue weighted by atomic mass is 9.94. The minimum absolute atomic E-state index is 0.0720. The van der Waals surface area contributed by atoms with Crippen molar-refractivity contribution in [3.63, 3.8) is 0 Å². The van der Waals surface area contributed by atoms with Crippen molar-refractivity contribution < 1.29 is 19.4 Å². The van der Waals surface area contributed by atoms with Crippen LogP contribution >= 0.6 is 0 Å². The van der Waals surface area contributed by atoms with E-state index in [2.05, 4.69) is 4.98 Å².